The van der Waals surface area contributed by atoms with Gasteiger partial charge >= 0.3 is 0 Å². The number of hydrogen-bond donors (Lipinski definition) is 0. The summed E-state index contributed by atoms with van der Waals surface area (Å²) in [6.07, 6.45) is 7.28. The van der Waals surface area contributed by atoms with E-state index in [0.29, 0.717) is 0 Å². The van der Waals surface area contributed by atoms with Crippen LogP contribution in [0.4, 0.5) is 11.4 Å². The zero-order valence-electron chi connectivity index (χ0n) is 36.8. The van der Waals surface area contributed by atoms with Crippen molar-refractivity contribution in [3.8, 4) is 5.69 Å². The van der Waals surface area contributed by atoms with E-state index in [0.717, 1.165) is 12.8 Å². The molecule has 3 aliphatic rings. The van der Waals surface area contributed by atoms with Gasteiger partial charge in [0.1, 0.15) is 0 Å². The van der Waals surface area contributed by atoms with Crippen molar-refractivity contribution in [1.29, 1.82) is 0 Å². The molecule has 3 heteroatoms. The summed E-state index contributed by atoms with van der Waals surface area (Å²) in [4.78, 5) is 2.74. The van der Waals surface area contributed by atoms with Crippen molar-refractivity contribution in [2.24, 2.45) is 0 Å². The fourth-order valence-electron chi connectivity index (χ4n) is 12.7. The molecule has 1 saturated carbocycles. The second-order valence-electron chi connectivity index (χ2n) is 20.3. The van der Waals surface area contributed by atoms with E-state index in [1.54, 1.807) is 0 Å². The first kappa shape index (κ1) is 38.3. The predicted octanol–water partition coefficient (Wildman–Crippen LogP) is 12.3. The molecule has 2 aliphatic carbocycles. The number of rotatable bonds is 6. The largest absolute Gasteiger partial charge is 0.334 e. The van der Waals surface area contributed by atoms with Crippen molar-refractivity contribution in [3.05, 3.63) is 187 Å². The van der Waals surface area contributed by atoms with E-state index in [1.165, 1.54) is 102 Å². The molecular formula is C58H58N2Si. The van der Waals surface area contributed by atoms with E-state index >= 15 is 0 Å². The highest BCUT2D eigenvalue weighted by Crippen LogP contribution is 2.61. The lowest BCUT2D eigenvalue weighted by Gasteiger charge is -2.50. The molecule has 0 bridgehead atoms. The van der Waals surface area contributed by atoms with Crippen molar-refractivity contribution in [2.75, 3.05) is 4.90 Å². The maximum absolute atomic E-state index is 2.86. The third-order valence-corrected chi connectivity index (χ3v) is 20.9. The first-order valence-electron chi connectivity index (χ1n) is 22.8. The molecule has 1 aromatic heterocycles. The number of nitrogens with zero attached hydrogens (tertiary/aromatic N) is 2. The maximum atomic E-state index is 2.74. The number of benzene rings is 7. The molecule has 2 atom stereocenters. The molecule has 7 aromatic carbocycles. The van der Waals surface area contributed by atoms with Crippen LogP contribution in [0.15, 0.2) is 170 Å². The fourth-order valence-corrected chi connectivity index (χ4v) is 17.5. The third-order valence-electron chi connectivity index (χ3n) is 16.1. The van der Waals surface area contributed by atoms with Gasteiger partial charge in [-0.15, -0.1) is 0 Å². The number of anilines is 2. The van der Waals surface area contributed by atoms with E-state index in [-0.39, 0.29) is 21.8 Å². The summed E-state index contributed by atoms with van der Waals surface area (Å²) in [7, 11) is -2.86. The van der Waals surface area contributed by atoms with E-state index in [4.69, 9.17) is 0 Å². The second-order valence-corrected chi connectivity index (χ2v) is 24.1. The number of para-hydroxylation sites is 2. The van der Waals surface area contributed by atoms with Gasteiger partial charge in [0.05, 0.1) is 22.3 Å². The van der Waals surface area contributed by atoms with Crippen LogP contribution in [0.5, 0.6) is 0 Å². The number of hydrogen-bond acceptors (Lipinski definition) is 1. The monoisotopic (exact) mass is 810 g/mol. The Kier molecular flexibility index (Phi) is 8.59. The third kappa shape index (κ3) is 5.38. The molecule has 11 rings (SSSR count). The molecule has 0 spiro atoms. The Labute approximate surface area is 363 Å². The molecule has 0 radical (unpaired) electrons. The van der Waals surface area contributed by atoms with E-state index < -0.39 is 8.07 Å². The highest BCUT2D eigenvalue weighted by molar-refractivity contribution is 7.20. The first-order chi connectivity index (χ1) is 29.5. The fraction of sp³-hybridized carbons (Fsp3) is 0.276. The molecule has 1 fully saturated rings. The average molecular weight is 811 g/mol. The van der Waals surface area contributed by atoms with Crippen LogP contribution in [0.1, 0.15) is 96.8 Å². The molecule has 2 nitrogen and oxygen atoms in total. The number of fused-ring (bicyclic) bond motifs is 7. The first-order valence-corrected chi connectivity index (χ1v) is 24.8. The van der Waals surface area contributed by atoms with Crippen LogP contribution in [0.25, 0.3) is 27.5 Å². The molecule has 61 heavy (non-hydrogen) atoms. The van der Waals surface area contributed by atoms with Gasteiger partial charge in [-0.05, 0) is 117 Å². The average Bonchev–Trinajstić information content (AvgIpc) is 3.72. The quantitative estimate of drug-likeness (QED) is 0.120. The Balaban J connectivity index is 1.24. The van der Waals surface area contributed by atoms with E-state index in [9.17, 15) is 0 Å². The Morgan fingerprint density at radius 2 is 0.984 bits per heavy atom. The highest BCUT2D eigenvalue weighted by Gasteiger charge is 2.57. The lowest BCUT2D eigenvalue weighted by atomic mass is 9.61. The zero-order chi connectivity index (χ0) is 41.8. The molecule has 0 saturated heterocycles. The minimum Gasteiger partial charge on any atom is -0.334 e. The van der Waals surface area contributed by atoms with Gasteiger partial charge in [0.2, 0.25) is 0 Å². The Morgan fingerprint density at radius 3 is 1.66 bits per heavy atom. The Bertz CT molecular complexity index is 2860. The van der Waals surface area contributed by atoms with Crippen molar-refractivity contribution >= 4 is 62.0 Å². The van der Waals surface area contributed by atoms with Crippen LogP contribution in [-0.4, -0.2) is 18.2 Å². The predicted molar refractivity (Wildman–Crippen MR) is 262 cm³/mol. The van der Waals surface area contributed by atoms with Gasteiger partial charge in [0, 0.05) is 27.6 Å². The summed E-state index contributed by atoms with van der Waals surface area (Å²) >= 11 is 0. The summed E-state index contributed by atoms with van der Waals surface area (Å²) in [5.41, 5.74) is 11.2. The molecule has 304 valence electrons. The Morgan fingerprint density at radius 1 is 0.426 bits per heavy atom. The highest BCUT2D eigenvalue weighted by atomic mass is 28.3. The van der Waals surface area contributed by atoms with Crippen LogP contribution in [0.3, 0.4) is 0 Å². The molecule has 2 heterocycles. The summed E-state index contributed by atoms with van der Waals surface area (Å²) in [5.74, 6) is 0. The molecule has 0 amide bonds. The minimum absolute atomic E-state index is 0.00299. The van der Waals surface area contributed by atoms with Crippen LogP contribution >= 0.6 is 0 Å². The van der Waals surface area contributed by atoms with Gasteiger partial charge in [0.25, 0.3) is 0 Å². The van der Waals surface area contributed by atoms with Gasteiger partial charge in [-0.2, -0.15) is 0 Å². The normalized spacial score (nSPS) is 21.6. The lowest BCUT2D eigenvalue weighted by Crippen LogP contribution is -2.75. The SMILES string of the molecule is CC1(C)CCC(C)(C)c2c(-n3c4ccccc4c4cc(N5c6ccccc6C6(C)CCCCC56C)ccc43)cc([Si](c3ccccc3)(c3ccccc3)c3ccccc3)cc21. The van der Waals surface area contributed by atoms with Gasteiger partial charge in [-0.3, -0.25) is 0 Å². The lowest BCUT2D eigenvalue weighted by molar-refractivity contribution is 0.195. The summed E-state index contributed by atoms with van der Waals surface area (Å²) < 4.78 is 2.67. The van der Waals surface area contributed by atoms with Crippen LogP contribution in [0.2, 0.25) is 0 Å². The summed E-state index contributed by atoms with van der Waals surface area (Å²) in [6.45, 7) is 15.1. The van der Waals surface area contributed by atoms with Crippen LogP contribution < -0.4 is 25.6 Å². The van der Waals surface area contributed by atoms with Gasteiger partial charge < -0.3 is 9.47 Å². The zero-order valence-corrected chi connectivity index (χ0v) is 37.8. The van der Waals surface area contributed by atoms with E-state index in [2.05, 4.69) is 221 Å². The van der Waals surface area contributed by atoms with Gasteiger partial charge in [0.15, 0.2) is 8.07 Å². The topological polar surface area (TPSA) is 8.17 Å². The van der Waals surface area contributed by atoms with Gasteiger partial charge in [-0.1, -0.05) is 181 Å². The van der Waals surface area contributed by atoms with Crippen molar-refractivity contribution in [3.63, 3.8) is 0 Å². The minimum atomic E-state index is -2.86. The van der Waals surface area contributed by atoms with Crippen LogP contribution in [0, 0.1) is 0 Å². The molecule has 1 aliphatic heterocycles. The Hall–Kier alpha value is -5.64. The summed E-state index contributed by atoms with van der Waals surface area (Å²) in [6, 6.07) is 65.7. The van der Waals surface area contributed by atoms with Crippen molar-refractivity contribution < 1.29 is 0 Å². The molecule has 0 N–H and O–H groups in total. The smallest absolute Gasteiger partial charge is 0.179 e. The number of aromatic nitrogens is 1. The maximum Gasteiger partial charge on any atom is 0.179 e. The van der Waals surface area contributed by atoms with Crippen molar-refractivity contribution in [1.82, 2.24) is 4.57 Å². The second kappa shape index (κ2) is 13.7. The van der Waals surface area contributed by atoms with Crippen LogP contribution in [-0.2, 0) is 16.2 Å². The van der Waals surface area contributed by atoms with Gasteiger partial charge in [-0.25, -0.2) is 0 Å². The molecular weight excluding hydrogens is 753 g/mol. The standard InChI is InChI=1S/C58H58N2Si/c1-55(2)36-37-56(3,4)54-49(55)39-45(61(42-22-10-7-11-23-42,43-24-12-8-13-25-43)44-26-14-9-15-27-44)40-53(54)59-50-30-18-16-28-46(50)47-38-41(32-33-51(47)59)60-52-31-19-17-29-48(52)57(5)34-20-21-35-58(57,60)6/h7-19,22-33,38-40H,20-21,34-37H2,1-6H3. The van der Waals surface area contributed by atoms with E-state index in [1.807, 2.05) is 0 Å². The molecule has 2 unspecified atom stereocenters. The molecule has 8 aromatic rings. The summed E-state index contributed by atoms with van der Waals surface area (Å²) in [5, 5.41) is 8.30. The van der Waals surface area contributed by atoms with Crippen molar-refractivity contribution in [2.45, 2.75) is 102 Å².